The highest BCUT2D eigenvalue weighted by Gasteiger charge is 2.53. The highest BCUT2D eigenvalue weighted by molar-refractivity contribution is 8.26. The first-order valence-electron chi connectivity index (χ1n) is 11.2. The second kappa shape index (κ2) is 7.66. The quantitative estimate of drug-likeness (QED) is 0.461. The second-order valence-electron chi connectivity index (χ2n) is 9.56. The third-order valence-corrected chi connectivity index (χ3v) is 8.99. The van der Waals surface area contributed by atoms with E-state index in [1.165, 1.54) is 51.0 Å². The molecule has 2 aromatic rings. The Morgan fingerprint density at radius 2 is 1.84 bits per heavy atom. The number of hydrogen-bond donors (Lipinski definition) is 1. The van der Waals surface area contributed by atoms with Crippen LogP contribution >= 0.6 is 24.0 Å². The number of nitrogens with zero attached hydrogens (tertiary/aromatic N) is 1. The van der Waals surface area contributed by atoms with Gasteiger partial charge in [0, 0.05) is 17.7 Å². The number of carbonyl (C=O) groups is 1. The van der Waals surface area contributed by atoms with Crippen LogP contribution in [0.3, 0.4) is 0 Å². The molecular formula is C25H25NO4S2. The summed E-state index contributed by atoms with van der Waals surface area (Å²) in [6, 6.07) is 9.08. The van der Waals surface area contributed by atoms with Gasteiger partial charge in [0.25, 0.3) is 5.91 Å². The second-order valence-corrected chi connectivity index (χ2v) is 11.2. The van der Waals surface area contributed by atoms with Crippen molar-refractivity contribution in [1.29, 1.82) is 0 Å². The van der Waals surface area contributed by atoms with Crippen LogP contribution in [-0.4, -0.2) is 33.4 Å². The van der Waals surface area contributed by atoms with E-state index in [4.69, 9.17) is 21.4 Å². The van der Waals surface area contributed by atoms with Crippen molar-refractivity contribution in [3.05, 3.63) is 41.0 Å². The number of phenols is 1. The van der Waals surface area contributed by atoms with Gasteiger partial charge in [-0.2, -0.15) is 0 Å². The van der Waals surface area contributed by atoms with Gasteiger partial charge in [-0.3, -0.25) is 9.69 Å². The van der Waals surface area contributed by atoms with Crippen LogP contribution in [0.4, 0.5) is 0 Å². The molecule has 7 rings (SSSR count). The molecule has 0 unspecified atom stereocenters. The number of rotatable bonds is 4. The third-order valence-electron chi connectivity index (χ3n) is 7.66. The molecule has 1 amide bonds. The molecular weight excluding hydrogens is 442 g/mol. The molecule has 7 heteroatoms. The monoisotopic (exact) mass is 467 g/mol. The number of benzene rings is 1. The number of ether oxygens (including phenoxy) is 1. The predicted octanol–water partition coefficient (Wildman–Crippen LogP) is 5.69. The van der Waals surface area contributed by atoms with Gasteiger partial charge in [0.1, 0.15) is 15.8 Å². The van der Waals surface area contributed by atoms with Crippen molar-refractivity contribution in [2.45, 2.75) is 38.1 Å². The minimum atomic E-state index is 0.0255. The molecule has 4 aliphatic carbocycles. The highest BCUT2D eigenvalue weighted by atomic mass is 32.2. The molecule has 2 heterocycles. The molecule has 1 aromatic carbocycles. The summed E-state index contributed by atoms with van der Waals surface area (Å²) in [5.74, 6) is 4.64. The molecule has 5 aliphatic rings. The average molecular weight is 468 g/mol. The van der Waals surface area contributed by atoms with Gasteiger partial charge in [0.15, 0.2) is 11.5 Å². The molecule has 1 aromatic heterocycles. The zero-order chi connectivity index (χ0) is 22.0. The highest BCUT2D eigenvalue weighted by Crippen LogP contribution is 2.56. The third kappa shape index (κ3) is 3.28. The summed E-state index contributed by atoms with van der Waals surface area (Å²) in [6.07, 6.45) is 8.20. The van der Waals surface area contributed by atoms with Crippen LogP contribution in [0.2, 0.25) is 0 Å². The van der Waals surface area contributed by atoms with E-state index >= 15 is 0 Å². The lowest BCUT2D eigenvalue weighted by Gasteiger charge is -2.56. The Labute approximate surface area is 196 Å². The van der Waals surface area contributed by atoms with Crippen LogP contribution in [0.25, 0.3) is 17.4 Å². The van der Waals surface area contributed by atoms with Gasteiger partial charge in [0.05, 0.1) is 12.0 Å². The maximum atomic E-state index is 13.4. The number of methoxy groups -OCH3 is 1. The van der Waals surface area contributed by atoms with E-state index in [0.717, 1.165) is 17.4 Å². The number of aromatic hydroxyl groups is 1. The molecule has 1 N–H and O–H groups in total. The largest absolute Gasteiger partial charge is 0.504 e. The van der Waals surface area contributed by atoms with E-state index in [0.29, 0.717) is 38.3 Å². The van der Waals surface area contributed by atoms with E-state index in [1.54, 1.807) is 18.2 Å². The molecule has 166 valence electrons. The fourth-order valence-corrected chi connectivity index (χ4v) is 7.94. The van der Waals surface area contributed by atoms with E-state index in [9.17, 15) is 9.90 Å². The van der Waals surface area contributed by atoms with Gasteiger partial charge < -0.3 is 14.3 Å². The molecule has 1 saturated heterocycles. The maximum absolute atomic E-state index is 13.4. The number of thioether (sulfide) groups is 1. The fourth-order valence-electron chi connectivity index (χ4n) is 6.61. The van der Waals surface area contributed by atoms with E-state index < -0.39 is 0 Å². The van der Waals surface area contributed by atoms with Crippen molar-refractivity contribution < 1.29 is 19.1 Å². The number of phenolic OH excluding ortho intramolecular Hbond substituents is 1. The van der Waals surface area contributed by atoms with Crippen LogP contribution in [0.15, 0.2) is 39.7 Å². The van der Waals surface area contributed by atoms with E-state index in [-0.39, 0.29) is 17.7 Å². The fraction of sp³-hybridized carbons (Fsp3) is 0.440. The standard InChI is InChI=1S/C25H25NO4S2/c1-29-21-4-2-15(11-19(21)27)20-5-3-18(30-20)12-22-24(28)26(25(31)32-22)23-16-7-13-6-14(9-16)10-17(23)8-13/h2-5,11-14,16-17,23,27H,6-10H2,1H3/b22-12-. The first kappa shape index (κ1) is 20.4. The van der Waals surface area contributed by atoms with E-state index in [1.807, 2.05) is 23.1 Å². The zero-order valence-electron chi connectivity index (χ0n) is 17.8. The molecule has 0 spiro atoms. The first-order chi connectivity index (χ1) is 15.5. The minimum absolute atomic E-state index is 0.0255. The Balaban J connectivity index is 1.24. The molecule has 1 aliphatic heterocycles. The van der Waals surface area contributed by atoms with Crippen LogP contribution < -0.4 is 4.74 Å². The Bertz CT molecular complexity index is 1110. The van der Waals surface area contributed by atoms with Gasteiger partial charge in [-0.15, -0.1) is 0 Å². The smallest absolute Gasteiger partial charge is 0.266 e. The molecule has 0 radical (unpaired) electrons. The normalized spacial score (nSPS) is 32.3. The van der Waals surface area contributed by atoms with Crippen LogP contribution in [0.5, 0.6) is 11.5 Å². The van der Waals surface area contributed by atoms with Crippen LogP contribution in [0, 0.1) is 23.7 Å². The van der Waals surface area contributed by atoms with Crippen molar-refractivity contribution in [1.82, 2.24) is 4.90 Å². The molecule has 4 saturated carbocycles. The summed E-state index contributed by atoms with van der Waals surface area (Å²) in [7, 11) is 1.51. The molecule has 32 heavy (non-hydrogen) atoms. The average Bonchev–Trinajstić information content (AvgIpc) is 3.33. The summed E-state index contributed by atoms with van der Waals surface area (Å²) < 4.78 is 11.7. The predicted molar refractivity (Wildman–Crippen MR) is 128 cm³/mol. The van der Waals surface area contributed by atoms with Gasteiger partial charge in [-0.25, -0.2) is 0 Å². The molecule has 5 fully saturated rings. The van der Waals surface area contributed by atoms with Crippen LogP contribution in [-0.2, 0) is 4.79 Å². The summed E-state index contributed by atoms with van der Waals surface area (Å²) in [6.45, 7) is 0. The summed E-state index contributed by atoms with van der Waals surface area (Å²) in [4.78, 5) is 16.0. The Morgan fingerprint density at radius 3 is 2.50 bits per heavy atom. The lowest BCUT2D eigenvalue weighted by atomic mass is 9.54. The van der Waals surface area contributed by atoms with Gasteiger partial charge in [-0.1, -0.05) is 24.0 Å². The zero-order valence-corrected chi connectivity index (χ0v) is 19.5. The lowest BCUT2D eigenvalue weighted by molar-refractivity contribution is -0.130. The Morgan fingerprint density at radius 1 is 1.12 bits per heavy atom. The first-order valence-corrected chi connectivity index (χ1v) is 12.5. The Kier molecular flexibility index (Phi) is 4.88. The van der Waals surface area contributed by atoms with Gasteiger partial charge >= 0.3 is 0 Å². The molecule has 4 bridgehead atoms. The van der Waals surface area contributed by atoms with Crippen molar-refractivity contribution >= 4 is 40.3 Å². The number of thiocarbonyl (C=S) groups is 1. The van der Waals surface area contributed by atoms with Crippen molar-refractivity contribution in [3.8, 4) is 22.8 Å². The summed E-state index contributed by atoms with van der Waals surface area (Å²) >= 11 is 7.07. The summed E-state index contributed by atoms with van der Waals surface area (Å²) in [5.41, 5.74) is 0.740. The number of hydrogen-bond acceptors (Lipinski definition) is 6. The van der Waals surface area contributed by atoms with Crippen molar-refractivity contribution in [3.63, 3.8) is 0 Å². The topological polar surface area (TPSA) is 62.9 Å². The summed E-state index contributed by atoms with van der Waals surface area (Å²) in [5, 5.41) is 10.0. The molecule has 0 atom stereocenters. The SMILES string of the molecule is COc1ccc(-c2ccc(/C=C3\SC(=S)N(C4C5CC6CC(C5)CC4C6)C3=O)o2)cc1O. The Hall–Kier alpha value is -2.25. The maximum Gasteiger partial charge on any atom is 0.266 e. The van der Waals surface area contributed by atoms with Crippen LogP contribution in [0.1, 0.15) is 37.9 Å². The van der Waals surface area contributed by atoms with E-state index in [2.05, 4.69) is 0 Å². The van der Waals surface area contributed by atoms with Gasteiger partial charge in [-0.05, 0) is 86.1 Å². The minimum Gasteiger partial charge on any atom is -0.504 e. The van der Waals surface area contributed by atoms with Gasteiger partial charge in [0.2, 0.25) is 0 Å². The lowest BCUT2D eigenvalue weighted by Crippen LogP contribution is -2.57. The number of furan rings is 1. The number of carbonyl (C=O) groups excluding carboxylic acids is 1. The molecule has 5 nitrogen and oxygen atoms in total. The number of amides is 1. The van der Waals surface area contributed by atoms with Crippen molar-refractivity contribution in [2.75, 3.05) is 7.11 Å². The van der Waals surface area contributed by atoms with Crippen molar-refractivity contribution in [2.24, 2.45) is 23.7 Å².